The van der Waals surface area contributed by atoms with E-state index in [-0.39, 0.29) is 6.04 Å². The molecule has 104 valence electrons. The highest BCUT2D eigenvalue weighted by molar-refractivity contribution is 6.34. The summed E-state index contributed by atoms with van der Waals surface area (Å²) in [5, 5.41) is 1.68. The van der Waals surface area contributed by atoms with E-state index in [1.54, 1.807) is 0 Å². The Morgan fingerprint density at radius 2 is 1.89 bits per heavy atom. The van der Waals surface area contributed by atoms with Crippen LogP contribution in [0.25, 0.3) is 11.0 Å². The van der Waals surface area contributed by atoms with E-state index in [9.17, 15) is 0 Å². The molecule has 3 heteroatoms. The lowest BCUT2D eigenvalue weighted by molar-refractivity contribution is 0.330. The van der Waals surface area contributed by atoms with Crippen molar-refractivity contribution in [2.24, 2.45) is 11.7 Å². The van der Waals surface area contributed by atoms with Crippen molar-refractivity contribution in [2.75, 3.05) is 0 Å². The van der Waals surface area contributed by atoms with Gasteiger partial charge in [0.15, 0.2) is 5.58 Å². The number of benzene rings is 1. The fourth-order valence-electron chi connectivity index (χ4n) is 2.69. The topological polar surface area (TPSA) is 39.2 Å². The van der Waals surface area contributed by atoms with Crippen LogP contribution in [0.3, 0.4) is 0 Å². The molecule has 0 spiro atoms. The lowest BCUT2D eigenvalue weighted by atomic mass is 9.89. The van der Waals surface area contributed by atoms with Crippen LogP contribution in [0, 0.1) is 5.92 Å². The van der Waals surface area contributed by atoms with E-state index in [0.717, 1.165) is 42.4 Å². The SMILES string of the molecule is CCCC(CCC)C(N)c1cc2cccc(Cl)c2o1. The third kappa shape index (κ3) is 3.13. The summed E-state index contributed by atoms with van der Waals surface area (Å²) in [5.74, 6) is 1.34. The van der Waals surface area contributed by atoms with Crippen LogP contribution in [0.1, 0.15) is 51.3 Å². The molecule has 1 atom stereocenters. The highest BCUT2D eigenvalue weighted by Crippen LogP contribution is 2.33. The number of nitrogens with two attached hydrogens (primary N) is 1. The van der Waals surface area contributed by atoms with Gasteiger partial charge in [0.2, 0.25) is 0 Å². The minimum absolute atomic E-state index is 0.0385. The van der Waals surface area contributed by atoms with Gasteiger partial charge in [-0.1, -0.05) is 50.4 Å². The van der Waals surface area contributed by atoms with Crippen LogP contribution in [0.4, 0.5) is 0 Å². The van der Waals surface area contributed by atoms with Crippen LogP contribution in [-0.2, 0) is 0 Å². The first-order chi connectivity index (χ1) is 9.17. The molecule has 1 heterocycles. The third-order valence-corrected chi connectivity index (χ3v) is 3.97. The maximum absolute atomic E-state index is 6.39. The van der Waals surface area contributed by atoms with Crippen LogP contribution < -0.4 is 5.73 Å². The van der Waals surface area contributed by atoms with Crippen molar-refractivity contribution in [3.8, 4) is 0 Å². The summed E-state index contributed by atoms with van der Waals surface area (Å²) in [6.07, 6.45) is 4.58. The van der Waals surface area contributed by atoms with Gasteiger partial charge in [-0.3, -0.25) is 0 Å². The van der Waals surface area contributed by atoms with E-state index in [1.165, 1.54) is 0 Å². The Kier molecular flexibility index (Phi) is 4.89. The number of fused-ring (bicyclic) bond motifs is 1. The molecule has 1 unspecified atom stereocenters. The normalized spacial score (nSPS) is 13.3. The average molecular weight is 280 g/mol. The van der Waals surface area contributed by atoms with Crippen LogP contribution in [-0.4, -0.2) is 0 Å². The fraction of sp³-hybridized carbons (Fsp3) is 0.500. The van der Waals surface area contributed by atoms with Gasteiger partial charge < -0.3 is 10.2 Å². The van der Waals surface area contributed by atoms with Crippen molar-refractivity contribution in [2.45, 2.75) is 45.6 Å². The van der Waals surface area contributed by atoms with E-state index >= 15 is 0 Å². The Bertz CT molecular complexity index is 529. The van der Waals surface area contributed by atoms with Crippen LogP contribution in [0.5, 0.6) is 0 Å². The van der Waals surface area contributed by atoms with Gasteiger partial charge in [0.05, 0.1) is 11.1 Å². The number of furan rings is 1. The van der Waals surface area contributed by atoms with E-state index in [2.05, 4.69) is 13.8 Å². The van der Waals surface area contributed by atoms with E-state index in [1.807, 2.05) is 24.3 Å². The van der Waals surface area contributed by atoms with Gasteiger partial charge in [-0.15, -0.1) is 0 Å². The number of hydrogen-bond acceptors (Lipinski definition) is 2. The minimum Gasteiger partial charge on any atom is -0.458 e. The third-order valence-electron chi connectivity index (χ3n) is 3.67. The molecule has 0 aliphatic heterocycles. The first-order valence-electron chi connectivity index (χ1n) is 7.10. The van der Waals surface area contributed by atoms with Gasteiger partial charge in [0.1, 0.15) is 5.76 Å². The van der Waals surface area contributed by atoms with Crippen molar-refractivity contribution in [1.82, 2.24) is 0 Å². The van der Waals surface area contributed by atoms with Crippen LogP contribution in [0.2, 0.25) is 5.02 Å². The molecular formula is C16H22ClNO. The first kappa shape index (κ1) is 14.4. The minimum atomic E-state index is -0.0385. The fourth-order valence-corrected chi connectivity index (χ4v) is 2.91. The van der Waals surface area contributed by atoms with Gasteiger partial charge in [-0.2, -0.15) is 0 Å². The highest BCUT2D eigenvalue weighted by atomic mass is 35.5. The van der Waals surface area contributed by atoms with Gasteiger partial charge in [0.25, 0.3) is 0 Å². The molecule has 2 nitrogen and oxygen atoms in total. The van der Waals surface area contributed by atoms with Crippen molar-refractivity contribution >= 4 is 22.6 Å². The Labute approximate surface area is 119 Å². The largest absolute Gasteiger partial charge is 0.458 e. The highest BCUT2D eigenvalue weighted by Gasteiger charge is 2.21. The predicted molar refractivity (Wildman–Crippen MR) is 81.5 cm³/mol. The zero-order valence-corrected chi connectivity index (χ0v) is 12.4. The maximum atomic E-state index is 6.39. The molecule has 1 aromatic heterocycles. The summed E-state index contributed by atoms with van der Waals surface area (Å²) in [4.78, 5) is 0. The van der Waals surface area contributed by atoms with Crippen LogP contribution in [0.15, 0.2) is 28.7 Å². The number of para-hydroxylation sites is 1. The Morgan fingerprint density at radius 1 is 1.21 bits per heavy atom. The zero-order chi connectivity index (χ0) is 13.8. The molecule has 19 heavy (non-hydrogen) atoms. The average Bonchev–Trinajstić information content (AvgIpc) is 2.83. The van der Waals surface area contributed by atoms with Crippen molar-refractivity contribution in [1.29, 1.82) is 0 Å². The Morgan fingerprint density at radius 3 is 2.47 bits per heavy atom. The molecule has 0 aliphatic rings. The van der Waals surface area contributed by atoms with Gasteiger partial charge in [-0.05, 0) is 30.9 Å². The van der Waals surface area contributed by atoms with Crippen molar-refractivity contribution < 1.29 is 4.42 Å². The summed E-state index contributed by atoms with van der Waals surface area (Å²) >= 11 is 6.14. The molecule has 0 fully saturated rings. The summed E-state index contributed by atoms with van der Waals surface area (Å²) in [6.45, 7) is 4.40. The smallest absolute Gasteiger partial charge is 0.152 e. The second kappa shape index (κ2) is 6.44. The number of rotatable bonds is 6. The molecule has 0 amide bonds. The van der Waals surface area contributed by atoms with E-state index in [0.29, 0.717) is 10.9 Å². The summed E-state index contributed by atoms with van der Waals surface area (Å²) < 4.78 is 5.88. The predicted octanol–water partition coefficient (Wildman–Crippen LogP) is 5.30. The molecule has 0 bridgehead atoms. The quantitative estimate of drug-likeness (QED) is 0.779. The Balaban J connectivity index is 2.29. The lowest BCUT2D eigenvalue weighted by Gasteiger charge is -2.21. The molecule has 2 rings (SSSR count). The molecule has 0 saturated heterocycles. The zero-order valence-electron chi connectivity index (χ0n) is 11.7. The molecule has 2 N–H and O–H groups in total. The molecule has 0 saturated carbocycles. The second-order valence-corrected chi connectivity index (χ2v) is 5.58. The molecule has 0 aliphatic carbocycles. The standard InChI is InChI=1S/C16H22ClNO/c1-3-6-11(7-4-2)15(18)14-10-12-8-5-9-13(17)16(12)19-14/h5,8-11,15H,3-4,6-7,18H2,1-2H3. The van der Waals surface area contributed by atoms with Crippen LogP contribution >= 0.6 is 11.6 Å². The van der Waals surface area contributed by atoms with E-state index < -0.39 is 0 Å². The lowest BCUT2D eigenvalue weighted by Crippen LogP contribution is -2.20. The number of halogens is 1. The first-order valence-corrected chi connectivity index (χ1v) is 7.48. The van der Waals surface area contributed by atoms with Gasteiger partial charge >= 0.3 is 0 Å². The van der Waals surface area contributed by atoms with Crippen molar-refractivity contribution in [3.05, 3.63) is 35.0 Å². The molecule has 0 radical (unpaired) electrons. The Hall–Kier alpha value is -0.990. The van der Waals surface area contributed by atoms with E-state index in [4.69, 9.17) is 21.8 Å². The molecule has 2 aromatic rings. The maximum Gasteiger partial charge on any atom is 0.152 e. The molecule has 1 aromatic carbocycles. The monoisotopic (exact) mass is 279 g/mol. The van der Waals surface area contributed by atoms with Gasteiger partial charge in [-0.25, -0.2) is 0 Å². The summed E-state index contributed by atoms with van der Waals surface area (Å²) in [6, 6.07) is 7.78. The number of hydrogen-bond donors (Lipinski definition) is 1. The summed E-state index contributed by atoms with van der Waals surface area (Å²) in [7, 11) is 0. The molecular weight excluding hydrogens is 258 g/mol. The summed E-state index contributed by atoms with van der Waals surface area (Å²) in [5.41, 5.74) is 7.14. The van der Waals surface area contributed by atoms with Crippen molar-refractivity contribution in [3.63, 3.8) is 0 Å². The second-order valence-electron chi connectivity index (χ2n) is 5.17. The van der Waals surface area contributed by atoms with Gasteiger partial charge in [0, 0.05) is 5.39 Å².